The van der Waals surface area contributed by atoms with Gasteiger partial charge in [-0.15, -0.1) is 0 Å². The fraction of sp³-hybridized carbons (Fsp3) is 0.571. The van der Waals surface area contributed by atoms with Crippen LogP contribution in [-0.4, -0.2) is 72.3 Å². The number of hydrogen-bond acceptors (Lipinski definition) is 6. The van der Waals surface area contributed by atoms with Crippen LogP contribution in [-0.2, 0) is 22.7 Å². The van der Waals surface area contributed by atoms with Crippen molar-refractivity contribution in [2.45, 2.75) is 44.9 Å². The van der Waals surface area contributed by atoms with E-state index in [9.17, 15) is 14.4 Å². The van der Waals surface area contributed by atoms with Gasteiger partial charge in [-0.25, -0.2) is 0 Å². The van der Waals surface area contributed by atoms with Crippen LogP contribution in [0.2, 0.25) is 0 Å². The Hall–Kier alpha value is -2.29. The van der Waals surface area contributed by atoms with E-state index in [1.165, 1.54) is 0 Å². The second kappa shape index (κ2) is 8.61. The highest BCUT2D eigenvalue weighted by Gasteiger charge is 2.39. The molecule has 3 aliphatic rings. The van der Waals surface area contributed by atoms with E-state index in [0.717, 1.165) is 50.4 Å². The first kappa shape index (κ1) is 20.0. The summed E-state index contributed by atoms with van der Waals surface area (Å²) >= 11 is 0. The number of carbonyl (C=O) groups is 3. The zero-order chi connectivity index (χ0) is 20.4. The maximum Gasteiger partial charge on any atom is 0.255 e. The molecule has 4 rings (SSSR count). The summed E-state index contributed by atoms with van der Waals surface area (Å²) in [5.74, 6) is -0.758. The van der Waals surface area contributed by atoms with Crippen molar-refractivity contribution < 1.29 is 14.4 Å². The van der Waals surface area contributed by atoms with Crippen molar-refractivity contribution in [3.63, 3.8) is 0 Å². The van der Waals surface area contributed by atoms with Crippen LogP contribution in [0.5, 0.6) is 0 Å². The van der Waals surface area contributed by atoms with E-state index < -0.39 is 6.04 Å². The van der Waals surface area contributed by atoms with E-state index in [1.807, 2.05) is 12.1 Å². The van der Waals surface area contributed by atoms with Crippen molar-refractivity contribution in [1.29, 1.82) is 0 Å². The van der Waals surface area contributed by atoms with Gasteiger partial charge in [-0.1, -0.05) is 12.1 Å². The summed E-state index contributed by atoms with van der Waals surface area (Å²) in [5.41, 5.74) is 2.75. The molecular formula is C21H29N5O3. The minimum atomic E-state index is -0.561. The van der Waals surface area contributed by atoms with Gasteiger partial charge in [0.05, 0.1) is 0 Å². The molecule has 3 aliphatic heterocycles. The van der Waals surface area contributed by atoms with Crippen molar-refractivity contribution in [1.82, 2.24) is 25.8 Å². The lowest BCUT2D eigenvalue weighted by atomic mass is 10.0. The van der Waals surface area contributed by atoms with E-state index in [2.05, 4.69) is 33.8 Å². The van der Waals surface area contributed by atoms with Crippen molar-refractivity contribution >= 4 is 17.7 Å². The Morgan fingerprint density at radius 3 is 2.76 bits per heavy atom. The molecule has 3 amide bonds. The lowest BCUT2D eigenvalue weighted by Gasteiger charge is -2.32. The number of nitrogens with one attached hydrogen (secondary N) is 3. The Kier molecular flexibility index (Phi) is 5.94. The highest BCUT2D eigenvalue weighted by molar-refractivity contribution is 6.05. The van der Waals surface area contributed by atoms with Gasteiger partial charge >= 0.3 is 0 Å². The molecule has 156 valence electrons. The molecule has 1 aromatic rings. The number of imide groups is 1. The summed E-state index contributed by atoms with van der Waals surface area (Å²) < 4.78 is 0. The summed E-state index contributed by atoms with van der Waals surface area (Å²) in [6.45, 7) is 8.59. The summed E-state index contributed by atoms with van der Waals surface area (Å²) in [4.78, 5) is 40.4. The molecule has 2 atom stereocenters. The fourth-order valence-corrected chi connectivity index (χ4v) is 4.42. The molecule has 8 nitrogen and oxygen atoms in total. The minimum absolute atomic E-state index is 0.124. The SMILES string of the molecule is CC(CNCc1ccc2c(c1)CN(C1CCC(=O)NC1=O)C2=O)N1CCNCC1. The van der Waals surface area contributed by atoms with Gasteiger partial charge in [0.2, 0.25) is 11.8 Å². The number of piperazine rings is 1. The third-order valence-electron chi connectivity index (χ3n) is 6.13. The normalized spacial score (nSPS) is 23.8. The van der Waals surface area contributed by atoms with Crippen LogP contribution >= 0.6 is 0 Å². The molecule has 0 saturated carbocycles. The molecule has 29 heavy (non-hydrogen) atoms. The summed E-state index contributed by atoms with van der Waals surface area (Å²) in [5, 5.41) is 9.24. The van der Waals surface area contributed by atoms with E-state index in [1.54, 1.807) is 4.90 Å². The maximum absolute atomic E-state index is 12.7. The number of carbonyl (C=O) groups excluding carboxylic acids is 3. The second-order valence-corrected chi connectivity index (χ2v) is 8.16. The molecule has 0 bridgehead atoms. The molecule has 1 aromatic carbocycles. The van der Waals surface area contributed by atoms with Crippen molar-refractivity contribution in [3.8, 4) is 0 Å². The molecular weight excluding hydrogens is 370 g/mol. The van der Waals surface area contributed by atoms with Gasteiger partial charge < -0.3 is 15.5 Å². The van der Waals surface area contributed by atoms with Gasteiger partial charge in [-0.3, -0.25) is 24.6 Å². The standard InChI is InChI=1S/C21H29N5O3/c1-14(25-8-6-22-7-9-25)11-23-12-15-2-3-17-16(10-15)13-26(21(17)29)18-4-5-19(27)24-20(18)28/h2-3,10,14,18,22-23H,4-9,11-13H2,1H3,(H,24,27,28). The number of benzene rings is 1. The number of piperidine rings is 1. The van der Waals surface area contributed by atoms with Gasteiger partial charge in [0, 0.05) is 63.8 Å². The Labute approximate surface area is 171 Å². The first-order valence-corrected chi connectivity index (χ1v) is 10.4. The van der Waals surface area contributed by atoms with E-state index in [4.69, 9.17) is 0 Å². The van der Waals surface area contributed by atoms with Gasteiger partial charge in [0.1, 0.15) is 6.04 Å². The monoisotopic (exact) mass is 399 g/mol. The van der Waals surface area contributed by atoms with E-state index in [0.29, 0.717) is 24.6 Å². The topological polar surface area (TPSA) is 93.8 Å². The lowest BCUT2D eigenvalue weighted by molar-refractivity contribution is -0.136. The average molecular weight is 399 g/mol. The number of amides is 3. The van der Waals surface area contributed by atoms with Crippen LogP contribution in [0.3, 0.4) is 0 Å². The molecule has 0 spiro atoms. The minimum Gasteiger partial charge on any atom is -0.322 e. The van der Waals surface area contributed by atoms with E-state index >= 15 is 0 Å². The summed E-state index contributed by atoms with van der Waals surface area (Å²) in [7, 11) is 0. The Morgan fingerprint density at radius 1 is 1.21 bits per heavy atom. The quantitative estimate of drug-likeness (QED) is 0.575. The second-order valence-electron chi connectivity index (χ2n) is 8.16. The molecule has 2 fully saturated rings. The third kappa shape index (κ3) is 4.34. The lowest BCUT2D eigenvalue weighted by Crippen LogP contribution is -2.52. The van der Waals surface area contributed by atoms with Gasteiger partial charge in [0.25, 0.3) is 5.91 Å². The zero-order valence-corrected chi connectivity index (χ0v) is 16.9. The maximum atomic E-state index is 12.7. The van der Waals surface area contributed by atoms with Crippen LogP contribution in [0.1, 0.15) is 41.3 Å². The molecule has 2 unspecified atom stereocenters. The molecule has 3 heterocycles. The fourth-order valence-electron chi connectivity index (χ4n) is 4.42. The number of nitrogens with zero attached hydrogens (tertiary/aromatic N) is 2. The van der Waals surface area contributed by atoms with Crippen LogP contribution in [0.15, 0.2) is 18.2 Å². The van der Waals surface area contributed by atoms with Crippen LogP contribution in [0.25, 0.3) is 0 Å². The van der Waals surface area contributed by atoms with Crippen LogP contribution in [0, 0.1) is 0 Å². The van der Waals surface area contributed by atoms with Crippen LogP contribution in [0.4, 0.5) is 0 Å². The van der Waals surface area contributed by atoms with Crippen LogP contribution < -0.4 is 16.0 Å². The first-order chi connectivity index (χ1) is 14.0. The summed E-state index contributed by atoms with van der Waals surface area (Å²) in [6, 6.07) is 5.82. The molecule has 8 heteroatoms. The predicted molar refractivity (Wildman–Crippen MR) is 108 cm³/mol. The summed E-state index contributed by atoms with van der Waals surface area (Å²) in [6.07, 6.45) is 0.666. The molecule has 3 N–H and O–H groups in total. The zero-order valence-electron chi connectivity index (χ0n) is 16.9. The number of fused-ring (bicyclic) bond motifs is 1. The number of hydrogen-bond donors (Lipinski definition) is 3. The Bertz CT molecular complexity index is 806. The van der Waals surface area contributed by atoms with Gasteiger partial charge in [-0.05, 0) is 30.5 Å². The highest BCUT2D eigenvalue weighted by Crippen LogP contribution is 2.28. The predicted octanol–water partition coefficient (Wildman–Crippen LogP) is -0.169. The Morgan fingerprint density at radius 2 is 2.00 bits per heavy atom. The molecule has 0 radical (unpaired) electrons. The average Bonchev–Trinajstić information content (AvgIpc) is 3.04. The highest BCUT2D eigenvalue weighted by atomic mass is 16.2. The Balaban J connectivity index is 1.33. The van der Waals surface area contributed by atoms with Crippen molar-refractivity contribution in [3.05, 3.63) is 34.9 Å². The molecule has 0 aromatic heterocycles. The van der Waals surface area contributed by atoms with Gasteiger partial charge in [0.15, 0.2) is 0 Å². The van der Waals surface area contributed by atoms with E-state index in [-0.39, 0.29) is 24.1 Å². The number of rotatable bonds is 6. The molecule has 2 saturated heterocycles. The molecule has 0 aliphatic carbocycles. The third-order valence-corrected chi connectivity index (χ3v) is 6.13. The van der Waals surface area contributed by atoms with Crippen molar-refractivity contribution in [2.75, 3.05) is 32.7 Å². The smallest absolute Gasteiger partial charge is 0.255 e. The first-order valence-electron chi connectivity index (χ1n) is 10.4. The largest absolute Gasteiger partial charge is 0.322 e. The van der Waals surface area contributed by atoms with Crippen molar-refractivity contribution in [2.24, 2.45) is 0 Å². The van der Waals surface area contributed by atoms with Gasteiger partial charge in [-0.2, -0.15) is 0 Å².